The van der Waals surface area contributed by atoms with Crippen molar-refractivity contribution in [3.05, 3.63) is 34.5 Å². The Bertz CT molecular complexity index is 643. The molecule has 0 spiro atoms. The van der Waals surface area contributed by atoms with Gasteiger partial charge in [-0.15, -0.1) is 0 Å². The third-order valence-electron chi connectivity index (χ3n) is 2.94. The molecule has 0 fully saturated rings. The molecule has 0 saturated heterocycles. The lowest BCUT2D eigenvalue weighted by Gasteiger charge is -2.05. The van der Waals surface area contributed by atoms with Crippen molar-refractivity contribution in [3.63, 3.8) is 0 Å². The van der Waals surface area contributed by atoms with E-state index in [1.165, 1.54) is 0 Å². The zero-order valence-corrected chi connectivity index (χ0v) is 10.8. The van der Waals surface area contributed by atoms with E-state index in [1.807, 2.05) is 6.92 Å². The summed E-state index contributed by atoms with van der Waals surface area (Å²) in [5, 5.41) is 4.18. The molecule has 7 heteroatoms. The summed E-state index contributed by atoms with van der Waals surface area (Å²) in [7, 11) is 0. The number of nitrogens with zero attached hydrogens (tertiary/aromatic N) is 3. The molecule has 102 valence electrons. The average Bonchev–Trinajstić information content (AvgIpc) is 2.78. The molecule has 19 heavy (non-hydrogen) atoms. The van der Waals surface area contributed by atoms with Crippen molar-refractivity contribution >= 4 is 11.4 Å². The quantitative estimate of drug-likeness (QED) is 0.342. The molecule has 0 saturated carbocycles. The molecule has 7 nitrogen and oxygen atoms in total. The third kappa shape index (κ3) is 3.00. The minimum atomic E-state index is -0.186. The van der Waals surface area contributed by atoms with E-state index < -0.39 is 0 Å². The number of fused-ring (bicyclic) bond motifs is 1. The predicted octanol–water partition coefficient (Wildman–Crippen LogP) is -0.0354. The molecule has 0 aromatic carbocycles. The zero-order chi connectivity index (χ0) is 13.8. The first kappa shape index (κ1) is 13.3. The number of nitrogens with one attached hydrogen (secondary N) is 1. The highest BCUT2D eigenvalue weighted by Crippen LogP contribution is 2.02. The number of amides is 1. The molecule has 0 atom stereocenters. The molecule has 0 aliphatic carbocycles. The van der Waals surface area contributed by atoms with Gasteiger partial charge in [0.15, 0.2) is 0 Å². The number of unbranched alkanes of at least 4 members (excludes halogenated alkanes) is 1. The summed E-state index contributed by atoms with van der Waals surface area (Å²) in [6.07, 6.45) is 5.29. The number of aromatic nitrogens is 3. The van der Waals surface area contributed by atoms with Gasteiger partial charge < -0.3 is 4.57 Å². The summed E-state index contributed by atoms with van der Waals surface area (Å²) >= 11 is 0. The Kier molecular flexibility index (Phi) is 3.96. The van der Waals surface area contributed by atoms with Crippen molar-refractivity contribution in [2.75, 3.05) is 0 Å². The van der Waals surface area contributed by atoms with Gasteiger partial charge in [-0.25, -0.2) is 10.4 Å². The fourth-order valence-electron chi connectivity index (χ4n) is 1.96. The lowest BCUT2D eigenvalue weighted by atomic mass is 10.2. The summed E-state index contributed by atoms with van der Waals surface area (Å²) in [6.45, 7) is 2.43. The summed E-state index contributed by atoms with van der Waals surface area (Å²) < 4.78 is 3.22. The Morgan fingerprint density at radius 2 is 2.21 bits per heavy atom. The van der Waals surface area contributed by atoms with Crippen LogP contribution in [0, 0.1) is 6.92 Å². The average molecular weight is 263 g/mol. The van der Waals surface area contributed by atoms with Crippen LogP contribution in [0.5, 0.6) is 0 Å². The minimum Gasteiger partial charge on any atom is -0.312 e. The van der Waals surface area contributed by atoms with Gasteiger partial charge in [0.1, 0.15) is 5.52 Å². The maximum absolute atomic E-state index is 12.1. The predicted molar refractivity (Wildman–Crippen MR) is 70.4 cm³/mol. The second kappa shape index (κ2) is 5.66. The lowest BCUT2D eigenvalue weighted by molar-refractivity contribution is -0.121. The summed E-state index contributed by atoms with van der Waals surface area (Å²) in [4.78, 5) is 23.1. The molecule has 0 radical (unpaired) electrons. The van der Waals surface area contributed by atoms with Gasteiger partial charge in [-0.1, -0.05) is 0 Å². The number of hydrogen-bond acceptors (Lipinski definition) is 4. The molecular formula is C12H17N5O2. The van der Waals surface area contributed by atoms with E-state index >= 15 is 0 Å². The van der Waals surface area contributed by atoms with Gasteiger partial charge in [0.2, 0.25) is 5.91 Å². The van der Waals surface area contributed by atoms with Crippen LogP contribution >= 0.6 is 0 Å². The fraction of sp³-hybridized carbons (Fsp3) is 0.417. The molecule has 2 rings (SSSR count). The van der Waals surface area contributed by atoms with Gasteiger partial charge in [-0.05, 0) is 25.8 Å². The third-order valence-corrected chi connectivity index (χ3v) is 2.94. The largest absolute Gasteiger partial charge is 0.312 e. The Morgan fingerprint density at radius 1 is 1.42 bits per heavy atom. The van der Waals surface area contributed by atoms with Gasteiger partial charge >= 0.3 is 0 Å². The Balaban J connectivity index is 2.03. The normalized spacial score (nSPS) is 10.8. The van der Waals surface area contributed by atoms with E-state index in [4.69, 9.17) is 5.84 Å². The van der Waals surface area contributed by atoms with Crippen LogP contribution in [-0.2, 0) is 11.3 Å². The van der Waals surface area contributed by atoms with E-state index in [-0.39, 0.29) is 11.5 Å². The van der Waals surface area contributed by atoms with Crippen LogP contribution < -0.4 is 16.8 Å². The van der Waals surface area contributed by atoms with Crippen LogP contribution in [0.2, 0.25) is 0 Å². The first-order chi connectivity index (χ1) is 9.11. The van der Waals surface area contributed by atoms with Crippen molar-refractivity contribution in [3.8, 4) is 0 Å². The molecule has 1 amide bonds. The topological polar surface area (TPSA) is 94.4 Å². The van der Waals surface area contributed by atoms with Crippen molar-refractivity contribution in [2.45, 2.75) is 32.7 Å². The minimum absolute atomic E-state index is 0.0635. The van der Waals surface area contributed by atoms with E-state index in [1.54, 1.807) is 27.5 Å². The molecule has 2 aromatic heterocycles. The van der Waals surface area contributed by atoms with Crippen LogP contribution in [-0.4, -0.2) is 20.1 Å². The summed E-state index contributed by atoms with van der Waals surface area (Å²) in [6, 6.07) is 1.76. The first-order valence-corrected chi connectivity index (χ1v) is 6.16. The van der Waals surface area contributed by atoms with E-state index in [0.717, 1.165) is 12.1 Å². The van der Waals surface area contributed by atoms with Crippen LogP contribution in [0.4, 0.5) is 0 Å². The van der Waals surface area contributed by atoms with E-state index in [2.05, 4.69) is 10.5 Å². The van der Waals surface area contributed by atoms with Crippen molar-refractivity contribution in [2.24, 2.45) is 5.84 Å². The monoisotopic (exact) mass is 263 g/mol. The Labute approximate surface area is 110 Å². The Hall–Kier alpha value is -2.15. The highest BCUT2D eigenvalue weighted by Gasteiger charge is 2.05. The van der Waals surface area contributed by atoms with Crippen molar-refractivity contribution in [1.29, 1.82) is 0 Å². The number of nitrogens with two attached hydrogens (primary N) is 1. The van der Waals surface area contributed by atoms with Crippen molar-refractivity contribution in [1.82, 2.24) is 19.6 Å². The van der Waals surface area contributed by atoms with Crippen LogP contribution in [0.15, 0.2) is 23.3 Å². The van der Waals surface area contributed by atoms with Crippen molar-refractivity contribution < 1.29 is 4.79 Å². The van der Waals surface area contributed by atoms with E-state index in [9.17, 15) is 9.59 Å². The highest BCUT2D eigenvalue weighted by atomic mass is 16.2. The van der Waals surface area contributed by atoms with Crippen LogP contribution in [0.25, 0.3) is 5.52 Å². The van der Waals surface area contributed by atoms with Gasteiger partial charge in [0.05, 0.1) is 5.69 Å². The molecule has 3 N–H and O–H groups in total. The van der Waals surface area contributed by atoms with Crippen LogP contribution in [0.3, 0.4) is 0 Å². The summed E-state index contributed by atoms with van der Waals surface area (Å²) in [5.74, 6) is 4.80. The Morgan fingerprint density at radius 3 is 2.95 bits per heavy atom. The zero-order valence-electron chi connectivity index (χ0n) is 10.8. The second-order valence-corrected chi connectivity index (χ2v) is 4.44. The number of carbonyl (C=O) groups excluding carboxylic acids is 1. The van der Waals surface area contributed by atoms with E-state index in [0.29, 0.717) is 24.9 Å². The van der Waals surface area contributed by atoms with Gasteiger partial charge in [0.25, 0.3) is 5.56 Å². The lowest BCUT2D eigenvalue weighted by Crippen LogP contribution is -2.29. The van der Waals surface area contributed by atoms with Gasteiger partial charge in [-0.2, -0.15) is 5.10 Å². The molecule has 0 aliphatic heterocycles. The number of rotatable bonds is 5. The molecule has 2 heterocycles. The number of hydrazine groups is 1. The maximum atomic E-state index is 12.1. The molecule has 2 aromatic rings. The highest BCUT2D eigenvalue weighted by molar-refractivity contribution is 5.75. The molecular weight excluding hydrogens is 246 g/mol. The summed E-state index contributed by atoms with van der Waals surface area (Å²) in [5.41, 5.74) is 3.40. The molecule has 0 unspecified atom stereocenters. The maximum Gasteiger partial charge on any atom is 0.276 e. The number of hydrogen-bond donors (Lipinski definition) is 2. The molecule has 0 bridgehead atoms. The standard InChI is InChI=1S/C12H17N5O2/c1-9-8-10-12(19)16(6-7-17(10)15-9)5-3-2-4-11(18)14-13/h6-8H,2-5,13H2,1H3,(H,14,18). The van der Waals surface area contributed by atoms with Gasteiger partial charge in [-0.3, -0.25) is 15.0 Å². The first-order valence-electron chi connectivity index (χ1n) is 6.16. The smallest absolute Gasteiger partial charge is 0.276 e. The van der Waals surface area contributed by atoms with Crippen LogP contribution in [0.1, 0.15) is 25.0 Å². The molecule has 0 aliphatic rings. The number of carbonyl (C=O) groups is 1. The SMILES string of the molecule is Cc1cc2c(=O)n(CCCCC(=O)NN)ccn2n1. The number of aryl methyl sites for hydroxylation is 2. The second-order valence-electron chi connectivity index (χ2n) is 4.44. The van der Waals surface area contributed by atoms with Gasteiger partial charge in [0, 0.05) is 25.4 Å². The fourth-order valence-corrected chi connectivity index (χ4v) is 1.96.